The van der Waals surface area contributed by atoms with Gasteiger partial charge in [-0.1, -0.05) is 6.07 Å². The molecule has 0 radical (unpaired) electrons. The van der Waals surface area contributed by atoms with E-state index < -0.39 is 23.6 Å². The van der Waals surface area contributed by atoms with Gasteiger partial charge in [0.1, 0.15) is 0 Å². The lowest BCUT2D eigenvalue weighted by Crippen LogP contribution is -2.33. The Morgan fingerprint density at radius 3 is 2.61 bits per heavy atom. The number of hydrogen-bond donors (Lipinski definition) is 4. The van der Waals surface area contributed by atoms with Crippen LogP contribution in [-0.2, 0) is 0 Å². The van der Waals surface area contributed by atoms with E-state index in [0.717, 1.165) is 12.1 Å². The van der Waals surface area contributed by atoms with Gasteiger partial charge in [-0.3, -0.25) is 14.9 Å². The smallest absolute Gasteiger partial charge is 0.423 e. The highest BCUT2D eigenvalue weighted by molar-refractivity contribution is 6.60. The van der Waals surface area contributed by atoms with E-state index in [9.17, 15) is 14.9 Å². The molecule has 0 aliphatic carbocycles. The van der Waals surface area contributed by atoms with Crippen LogP contribution < -0.4 is 10.8 Å². The second-order valence-corrected chi connectivity index (χ2v) is 3.38. The maximum Gasteiger partial charge on any atom is 0.495 e. The molecule has 96 valence electrons. The number of nitrogens with one attached hydrogen (secondary N) is 1. The van der Waals surface area contributed by atoms with Crippen molar-refractivity contribution < 1.29 is 24.9 Å². The molecule has 0 heterocycles. The van der Waals surface area contributed by atoms with Gasteiger partial charge in [-0.2, -0.15) is 0 Å². The zero-order valence-corrected chi connectivity index (χ0v) is 9.24. The van der Waals surface area contributed by atoms with Crippen molar-refractivity contribution in [3.05, 3.63) is 33.9 Å². The summed E-state index contributed by atoms with van der Waals surface area (Å²) < 4.78 is 0. The van der Waals surface area contributed by atoms with Gasteiger partial charge in [0.25, 0.3) is 11.6 Å². The molecule has 0 saturated heterocycles. The fourth-order valence-electron chi connectivity index (χ4n) is 1.33. The van der Waals surface area contributed by atoms with E-state index in [2.05, 4.69) is 5.32 Å². The highest BCUT2D eigenvalue weighted by atomic mass is 16.6. The maximum absolute atomic E-state index is 11.5. The van der Waals surface area contributed by atoms with Crippen LogP contribution in [0.15, 0.2) is 18.2 Å². The first-order valence-electron chi connectivity index (χ1n) is 5.01. The van der Waals surface area contributed by atoms with Crippen LogP contribution in [0.5, 0.6) is 0 Å². The lowest BCUT2D eigenvalue weighted by molar-refractivity contribution is -0.383. The molecule has 0 bridgehead atoms. The number of carbonyl (C=O) groups is 1. The first-order valence-corrected chi connectivity index (χ1v) is 5.01. The number of aliphatic hydroxyl groups excluding tert-OH is 1. The molecular weight excluding hydrogens is 243 g/mol. The number of carbonyl (C=O) groups excluding carboxylic acids is 1. The lowest BCUT2D eigenvalue weighted by Gasteiger charge is -2.05. The highest BCUT2D eigenvalue weighted by Gasteiger charge is 2.25. The molecule has 0 fully saturated rings. The molecule has 0 atom stereocenters. The topological polar surface area (TPSA) is 133 Å². The molecule has 1 aromatic carbocycles. The van der Waals surface area contributed by atoms with Crippen molar-refractivity contribution in [3.8, 4) is 0 Å². The van der Waals surface area contributed by atoms with Crippen molar-refractivity contribution in [2.75, 3.05) is 13.2 Å². The third-order valence-electron chi connectivity index (χ3n) is 2.16. The minimum atomic E-state index is -1.99. The van der Waals surface area contributed by atoms with Crippen LogP contribution in [0.25, 0.3) is 0 Å². The van der Waals surface area contributed by atoms with Gasteiger partial charge >= 0.3 is 7.12 Å². The van der Waals surface area contributed by atoms with E-state index in [4.69, 9.17) is 15.2 Å². The normalized spacial score (nSPS) is 9.94. The molecular formula is C9H11BN2O6. The van der Waals surface area contributed by atoms with Crippen LogP contribution in [0.2, 0.25) is 0 Å². The van der Waals surface area contributed by atoms with Crippen LogP contribution in [0, 0.1) is 10.1 Å². The number of hydrogen-bond acceptors (Lipinski definition) is 6. The number of rotatable bonds is 5. The summed E-state index contributed by atoms with van der Waals surface area (Å²) in [6, 6.07) is 3.27. The third-order valence-corrected chi connectivity index (χ3v) is 2.16. The second-order valence-electron chi connectivity index (χ2n) is 3.38. The number of benzene rings is 1. The Bertz CT molecular complexity index is 464. The van der Waals surface area contributed by atoms with Crippen LogP contribution >= 0.6 is 0 Å². The lowest BCUT2D eigenvalue weighted by atomic mass is 9.78. The molecule has 1 amide bonds. The zero-order chi connectivity index (χ0) is 13.7. The summed E-state index contributed by atoms with van der Waals surface area (Å²) in [5.74, 6) is -0.592. The van der Waals surface area contributed by atoms with Crippen LogP contribution in [0.3, 0.4) is 0 Å². The number of aliphatic hydroxyl groups is 1. The fraction of sp³-hybridized carbons (Fsp3) is 0.222. The minimum absolute atomic E-state index is 0.000417. The van der Waals surface area contributed by atoms with Crippen molar-refractivity contribution >= 4 is 24.2 Å². The molecule has 0 unspecified atom stereocenters. The SMILES string of the molecule is O=C(NCCO)c1ccc(B(O)O)c([N+](=O)[O-])c1. The molecule has 8 nitrogen and oxygen atoms in total. The van der Waals surface area contributed by atoms with Gasteiger partial charge in [-0.25, -0.2) is 0 Å². The Kier molecular flexibility index (Phi) is 4.78. The van der Waals surface area contributed by atoms with Crippen LogP contribution in [0.4, 0.5) is 5.69 Å². The predicted molar refractivity (Wildman–Crippen MR) is 62.3 cm³/mol. The molecule has 0 aliphatic rings. The maximum atomic E-state index is 11.5. The molecule has 4 N–H and O–H groups in total. The quantitative estimate of drug-likeness (QED) is 0.273. The summed E-state index contributed by atoms with van der Waals surface area (Å²) in [5.41, 5.74) is -0.847. The van der Waals surface area contributed by atoms with Crippen molar-refractivity contribution in [1.29, 1.82) is 0 Å². The largest absolute Gasteiger partial charge is 0.495 e. The predicted octanol–water partition coefficient (Wildman–Crippen LogP) is -2.00. The summed E-state index contributed by atoms with van der Waals surface area (Å²) in [7, 11) is -1.99. The van der Waals surface area contributed by atoms with E-state index in [1.54, 1.807) is 0 Å². The van der Waals surface area contributed by atoms with E-state index in [0.29, 0.717) is 0 Å². The Morgan fingerprint density at radius 1 is 1.44 bits per heavy atom. The molecule has 0 aliphatic heterocycles. The number of nitro groups is 1. The number of nitro benzene ring substituents is 1. The molecule has 9 heteroatoms. The highest BCUT2D eigenvalue weighted by Crippen LogP contribution is 2.11. The van der Waals surface area contributed by atoms with Crippen molar-refractivity contribution in [3.63, 3.8) is 0 Å². The Labute approximate surface area is 102 Å². The van der Waals surface area contributed by atoms with Crippen molar-refractivity contribution in [1.82, 2.24) is 5.32 Å². The monoisotopic (exact) mass is 254 g/mol. The molecule has 0 saturated carbocycles. The summed E-state index contributed by atoms with van der Waals surface area (Å²) in [4.78, 5) is 21.4. The summed E-state index contributed by atoms with van der Waals surface area (Å²) in [6.07, 6.45) is 0. The third kappa shape index (κ3) is 3.26. The van der Waals surface area contributed by atoms with Gasteiger partial charge in [0.05, 0.1) is 17.0 Å². The Hall–Kier alpha value is -1.97. The van der Waals surface area contributed by atoms with E-state index >= 15 is 0 Å². The summed E-state index contributed by atoms with van der Waals surface area (Å²) >= 11 is 0. The zero-order valence-electron chi connectivity index (χ0n) is 9.24. The van der Waals surface area contributed by atoms with E-state index in [1.165, 1.54) is 6.07 Å². The summed E-state index contributed by atoms with van der Waals surface area (Å²) in [5, 5.41) is 39.5. The fourth-order valence-corrected chi connectivity index (χ4v) is 1.33. The molecule has 1 aromatic rings. The molecule has 0 aromatic heterocycles. The molecule has 0 spiro atoms. The number of amides is 1. The van der Waals surface area contributed by atoms with Crippen LogP contribution in [-0.4, -0.2) is 46.3 Å². The molecule has 18 heavy (non-hydrogen) atoms. The van der Waals surface area contributed by atoms with Gasteiger partial charge < -0.3 is 20.5 Å². The van der Waals surface area contributed by atoms with E-state index in [1.807, 2.05) is 0 Å². The van der Waals surface area contributed by atoms with Gasteiger partial charge in [0.15, 0.2) is 0 Å². The standard InChI is InChI=1S/C9H11BN2O6/c13-4-3-11-9(14)6-1-2-7(10(15)16)8(5-6)12(17)18/h1-2,5,13,15-16H,3-4H2,(H,11,14). The first kappa shape index (κ1) is 14.1. The minimum Gasteiger partial charge on any atom is -0.423 e. The summed E-state index contributed by atoms with van der Waals surface area (Å²) in [6.45, 7) is -0.224. The van der Waals surface area contributed by atoms with E-state index in [-0.39, 0.29) is 24.2 Å². The average molecular weight is 254 g/mol. The number of nitrogens with zero attached hydrogens (tertiary/aromatic N) is 1. The van der Waals surface area contributed by atoms with Crippen molar-refractivity contribution in [2.45, 2.75) is 0 Å². The van der Waals surface area contributed by atoms with Gasteiger partial charge in [0.2, 0.25) is 0 Å². The van der Waals surface area contributed by atoms with Gasteiger partial charge in [-0.05, 0) is 6.07 Å². The van der Waals surface area contributed by atoms with Gasteiger partial charge in [-0.15, -0.1) is 0 Å². The average Bonchev–Trinajstić information content (AvgIpc) is 2.34. The first-order chi connectivity index (χ1) is 8.47. The van der Waals surface area contributed by atoms with Crippen LogP contribution in [0.1, 0.15) is 10.4 Å². The second kappa shape index (κ2) is 6.10. The van der Waals surface area contributed by atoms with Crippen molar-refractivity contribution in [2.24, 2.45) is 0 Å². The Balaban J connectivity index is 3.07. The van der Waals surface area contributed by atoms with Gasteiger partial charge in [0, 0.05) is 18.2 Å². The molecule has 1 rings (SSSR count). The Morgan fingerprint density at radius 2 is 2.11 bits per heavy atom.